The molecule has 1 heterocycles. The molecule has 0 fully saturated rings. The lowest BCUT2D eigenvalue weighted by molar-refractivity contribution is -0.157. The number of amides is 2. The Bertz CT molecular complexity index is 818. The molecular weight excluding hydrogens is 392 g/mol. The maximum Gasteiger partial charge on any atom is 0.329 e. The molecule has 0 aliphatic rings. The zero-order valence-corrected chi connectivity index (χ0v) is 17.7. The Morgan fingerprint density at radius 3 is 2.31 bits per heavy atom. The van der Waals surface area contributed by atoms with Crippen LogP contribution in [0.1, 0.15) is 36.0 Å². The summed E-state index contributed by atoms with van der Waals surface area (Å²) in [6.45, 7) is 5.40. The third-order valence-electron chi connectivity index (χ3n) is 4.24. The fourth-order valence-electron chi connectivity index (χ4n) is 2.50. The van der Waals surface area contributed by atoms with E-state index < -0.39 is 24.0 Å². The molecule has 0 spiro atoms. The average Bonchev–Trinajstić information content (AvgIpc) is 3.25. The van der Waals surface area contributed by atoms with E-state index in [4.69, 9.17) is 9.47 Å². The number of nitrogens with one attached hydrogen (secondary N) is 2. The summed E-state index contributed by atoms with van der Waals surface area (Å²) in [5, 5.41) is 7.20. The van der Waals surface area contributed by atoms with Crippen LogP contribution in [0.2, 0.25) is 0 Å². The number of carbonyl (C=O) groups is 3. The third-order valence-corrected chi connectivity index (χ3v) is 5.11. The molecule has 29 heavy (non-hydrogen) atoms. The number of hydrogen-bond donors (Lipinski definition) is 2. The second-order valence-corrected chi connectivity index (χ2v) is 7.77. The highest BCUT2D eigenvalue weighted by Gasteiger charge is 2.29. The molecule has 2 atom stereocenters. The fraction of sp³-hybridized carbons (Fsp3) is 0.381. The molecule has 2 rings (SSSR count). The fourth-order valence-corrected chi connectivity index (χ4v) is 3.12. The van der Waals surface area contributed by atoms with E-state index in [1.165, 1.54) is 18.3 Å². The molecule has 0 saturated carbocycles. The van der Waals surface area contributed by atoms with Gasteiger partial charge in [0.25, 0.3) is 11.8 Å². The van der Waals surface area contributed by atoms with Gasteiger partial charge in [0.15, 0.2) is 6.10 Å². The van der Waals surface area contributed by atoms with E-state index in [1.807, 2.05) is 12.1 Å². The Morgan fingerprint density at radius 1 is 1.07 bits per heavy atom. The maximum atomic E-state index is 12.5. The van der Waals surface area contributed by atoms with Crippen molar-refractivity contribution >= 4 is 29.1 Å². The second-order valence-electron chi connectivity index (χ2n) is 6.82. The normalized spacial score (nSPS) is 12.7. The Kier molecular flexibility index (Phi) is 8.21. The Hall–Kier alpha value is -2.87. The minimum absolute atomic E-state index is 0.194. The average molecular weight is 419 g/mol. The van der Waals surface area contributed by atoms with Crippen LogP contribution in [-0.2, 0) is 20.9 Å². The minimum atomic E-state index is -0.986. The van der Waals surface area contributed by atoms with E-state index in [0.29, 0.717) is 11.4 Å². The monoisotopic (exact) mass is 418 g/mol. The van der Waals surface area contributed by atoms with Crippen molar-refractivity contribution in [2.75, 3.05) is 7.11 Å². The highest BCUT2D eigenvalue weighted by Crippen LogP contribution is 2.13. The van der Waals surface area contributed by atoms with Crippen molar-refractivity contribution in [1.82, 2.24) is 10.6 Å². The maximum absolute atomic E-state index is 12.5. The molecule has 7 nitrogen and oxygen atoms in total. The number of methoxy groups -OCH3 is 1. The van der Waals surface area contributed by atoms with E-state index >= 15 is 0 Å². The number of rotatable bonds is 9. The number of hydrogen-bond acceptors (Lipinski definition) is 6. The topological polar surface area (TPSA) is 93.7 Å². The van der Waals surface area contributed by atoms with Gasteiger partial charge in [0.2, 0.25) is 0 Å². The van der Waals surface area contributed by atoms with Gasteiger partial charge < -0.3 is 20.1 Å². The molecule has 2 amide bonds. The SMILES string of the molecule is COc1ccc(CNC(=O)[C@H](C)OC(=O)[C@@H](NC(=O)c2cccs2)C(C)C)cc1. The lowest BCUT2D eigenvalue weighted by Crippen LogP contribution is -2.47. The lowest BCUT2D eigenvalue weighted by Gasteiger charge is -2.22. The van der Waals surface area contributed by atoms with Crippen LogP contribution < -0.4 is 15.4 Å². The minimum Gasteiger partial charge on any atom is -0.497 e. The molecule has 0 aliphatic carbocycles. The van der Waals surface area contributed by atoms with Crippen LogP contribution >= 0.6 is 11.3 Å². The van der Waals surface area contributed by atoms with Gasteiger partial charge in [-0.05, 0) is 42.0 Å². The molecule has 1 aromatic heterocycles. The molecule has 0 bridgehead atoms. The number of thiophene rings is 1. The van der Waals surface area contributed by atoms with E-state index in [2.05, 4.69) is 10.6 Å². The summed E-state index contributed by atoms with van der Waals surface area (Å²) in [6, 6.07) is 9.87. The van der Waals surface area contributed by atoms with Crippen LogP contribution in [0.15, 0.2) is 41.8 Å². The Morgan fingerprint density at radius 2 is 1.76 bits per heavy atom. The van der Waals surface area contributed by atoms with Crippen LogP contribution in [0.4, 0.5) is 0 Å². The van der Waals surface area contributed by atoms with Gasteiger partial charge in [-0.15, -0.1) is 11.3 Å². The first-order chi connectivity index (χ1) is 13.8. The zero-order chi connectivity index (χ0) is 21.4. The van der Waals surface area contributed by atoms with Crippen LogP contribution in [-0.4, -0.2) is 37.0 Å². The summed E-state index contributed by atoms with van der Waals surface area (Å²) >= 11 is 1.29. The Balaban J connectivity index is 1.88. The van der Waals surface area contributed by atoms with Gasteiger partial charge in [-0.1, -0.05) is 32.0 Å². The predicted molar refractivity (Wildman–Crippen MR) is 111 cm³/mol. The van der Waals surface area contributed by atoms with Crippen LogP contribution in [0.5, 0.6) is 5.75 Å². The summed E-state index contributed by atoms with van der Waals surface area (Å²) in [7, 11) is 1.58. The van der Waals surface area contributed by atoms with Crippen molar-refractivity contribution in [3.05, 3.63) is 52.2 Å². The van der Waals surface area contributed by atoms with Crippen LogP contribution in [0.3, 0.4) is 0 Å². The van der Waals surface area contributed by atoms with Gasteiger partial charge >= 0.3 is 5.97 Å². The summed E-state index contributed by atoms with van der Waals surface area (Å²) in [5.74, 6) is -0.863. The van der Waals surface area contributed by atoms with Crippen molar-refractivity contribution in [2.45, 2.75) is 39.5 Å². The smallest absolute Gasteiger partial charge is 0.329 e. The first-order valence-corrected chi connectivity index (χ1v) is 10.1. The van der Waals surface area contributed by atoms with Gasteiger partial charge in [0.1, 0.15) is 11.8 Å². The Labute approximate surface area is 174 Å². The van der Waals surface area contributed by atoms with Gasteiger partial charge in [-0.25, -0.2) is 4.79 Å². The van der Waals surface area contributed by atoms with E-state index in [1.54, 1.807) is 50.6 Å². The highest BCUT2D eigenvalue weighted by molar-refractivity contribution is 7.12. The molecule has 0 unspecified atom stereocenters. The quantitative estimate of drug-likeness (QED) is 0.611. The second kappa shape index (κ2) is 10.6. The number of ether oxygens (including phenoxy) is 2. The van der Waals surface area contributed by atoms with E-state index in [0.717, 1.165) is 11.3 Å². The molecule has 0 saturated heterocycles. The third kappa shape index (κ3) is 6.60. The molecule has 1 aromatic carbocycles. The lowest BCUT2D eigenvalue weighted by atomic mass is 10.0. The van der Waals surface area contributed by atoms with Crippen LogP contribution in [0.25, 0.3) is 0 Å². The number of benzene rings is 1. The molecule has 0 radical (unpaired) electrons. The molecule has 8 heteroatoms. The van der Waals surface area contributed by atoms with Crippen molar-refractivity contribution < 1.29 is 23.9 Å². The first-order valence-electron chi connectivity index (χ1n) is 9.27. The molecular formula is C21H26N2O5S. The van der Waals surface area contributed by atoms with Crippen molar-refractivity contribution in [2.24, 2.45) is 5.92 Å². The van der Waals surface area contributed by atoms with Gasteiger partial charge in [-0.2, -0.15) is 0 Å². The largest absolute Gasteiger partial charge is 0.497 e. The van der Waals surface area contributed by atoms with Crippen LogP contribution in [0, 0.1) is 5.92 Å². The summed E-state index contributed by atoms with van der Waals surface area (Å²) < 4.78 is 10.4. The van der Waals surface area contributed by atoms with E-state index in [-0.39, 0.29) is 11.8 Å². The first kappa shape index (κ1) is 22.4. The number of carbonyl (C=O) groups excluding carboxylic acids is 3. The summed E-state index contributed by atoms with van der Waals surface area (Å²) in [5.41, 5.74) is 0.890. The van der Waals surface area contributed by atoms with Gasteiger partial charge in [0.05, 0.1) is 12.0 Å². The summed E-state index contributed by atoms with van der Waals surface area (Å²) in [4.78, 5) is 37.6. The van der Waals surface area contributed by atoms with Gasteiger partial charge in [-0.3, -0.25) is 9.59 Å². The number of esters is 1. The molecule has 2 aromatic rings. The molecule has 156 valence electrons. The van der Waals surface area contributed by atoms with Gasteiger partial charge in [0, 0.05) is 6.54 Å². The van der Waals surface area contributed by atoms with Crippen molar-refractivity contribution in [1.29, 1.82) is 0 Å². The zero-order valence-electron chi connectivity index (χ0n) is 16.9. The summed E-state index contributed by atoms with van der Waals surface area (Å²) in [6.07, 6.45) is -0.986. The van der Waals surface area contributed by atoms with Crippen molar-refractivity contribution in [3.63, 3.8) is 0 Å². The van der Waals surface area contributed by atoms with Crippen molar-refractivity contribution in [3.8, 4) is 5.75 Å². The highest BCUT2D eigenvalue weighted by atomic mass is 32.1. The molecule has 2 N–H and O–H groups in total. The standard InChI is InChI=1S/C21H26N2O5S/c1-13(2)18(23-20(25)17-6-5-11-29-17)21(26)28-14(3)19(24)22-12-15-7-9-16(27-4)10-8-15/h5-11,13-14,18H,12H2,1-4H3,(H,22,24)(H,23,25)/t14-,18-/m0/s1. The molecule has 0 aliphatic heterocycles. The van der Waals surface area contributed by atoms with E-state index in [9.17, 15) is 14.4 Å². The predicted octanol–water partition coefficient (Wildman–Crippen LogP) is 2.76.